The third-order valence-electron chi connectivity index (χ3n) is 3.31. The largest absolute Gasteiger partial charge is 0.393 e. The van der Waals surface area contributed by atoms with Crippen molar-refractivity contribution in [3.05, 3.63) is 15.6 Å². The second-order valence-corrected chi connectivity index (χ2v) is 6.34. The molecular weight excluding hydrogens is 266 g/mol. The lowest BCUT2D eigenvalue weighted by atomic mass is 10.0. The van der Waals surface area contributed by atoms with Crippen LogP contribution in [0.2, 0.25) is 0 Å². The highest BCUT2D eigenvalue weighted by Crippen LogP contribution is 2.27. The number of carbonyl (C=O) groups excluding carboxylic acids is 1. The number of hydrogen-bond acceptors (Lipinski definition) is 4. The van der Waals surface area contributed by atoms with Gasteiger partial charge in [-0.2, -0.15) is 0 Å². The second kappa shape index (κ2) is 5.32. The first-order valence-electron chi connectivity index (χ1n) is 6.03. The van der Waals surface area contributed by atoms with Crippen LogP contribution in [-0.2, 0) is 0 Å². The quantitative estimate of drug-likeness (QED) is 0.832. The van der Waals surface area contributed by atoms with E-state index in [1.54, 1.807) is 0 Å². The fourth-order valence-electron chi connectivity index (χ4n) is 2.45. The molecule has 2 atom stereocenters. The van der Waals surface area contributed by atoms with E-state index in [1.807, 2.05) is 13.8 Å². The Morgan fingerprint density at radius 2 is 2.22 bits per heavy atom. The van der Waals surface area contributed by atoms with Gasteiger partial charge in [0.25, 0.3) is 5.91 Å². The molecular formula is C12H17N3OS2. The van der Waals surface area contributed by atoms with E-state index in [-0.39, 0.29) is 17.9 Å². The van der Waals surface area contributed by atoms with Crippen molar-refractivity contribution < 1.29 is 4.79 Å². The normalized spacial score (nSPS) is 23.0. The predicted molar refractivity (Wildman–Crippen MR) is 77.0 cm³/mol. The summed E-state index contributed by atoms with van der Waals surface area (Å²) in [4.78, 5) is 17.7. The van der Waals surface area contributed by atoms with E-state index in [0.29, 0.717) is 9.87 Å². The first-order chi connectivity index (χ1) is 8.49. The van der Waals surface area contributed by atoms with Crippen LogP contribution in [0.4, 0.5) is 0 Å². The van der Waals surface area contributed by atoms with E-state index >= 15 is 0 Å². The Bertz CT molecular complexity index is 484. The zero-order chi connectivity index (χ0) is 13.3. The molecule has 98 valence electrons. The minimum absolute atomic E-state index is 0.0498. The molecule has 2 unspecified atom stereocenters. The average Bonchev–Trinajstić information content (AvgIpc) is 2.85. The zero-order valence-corrected chi connectivity index (χ0v) is 12.2. The first-order valence-corrected chi connectivity index (χ1v) is 7.25. The van der Waals surface area contributed by atoms with Crippen LogP contribution in [0.5, 0.6) is 0 Å². The number of amides is 1. The minimum atomic E-state index is -0.0498. The Balaban J connectivity index is 2.07. The van der Waals surface area contributed by atoms with Crippen LogP contribution in [-0.4, -0.2) is 21.9 Å². The van der Waals surface area contributed by atoms with Crippen molar-refractivity contribution in [2.75, 3.05) is 0 Å². The maximum absolute atomic E-state index is 12.2. The third-order valence-corrected chi connectivity index (χ3v) is 4.68. The number of carbonyl (C=O) groups is 1. The summed E-state index contributed by atoms with van der Waals surface area (Å²) in [5, 5.41) is 3.96. The van der Waals surface area contributed by atoms with E-state index in [2.05, 4.69) is 10.3 Å². The summed E-state index contributed by atoms with van der Waals surface area (Å²) < 4.78 is 0. The predicted octanol–water partition coefficient (Wildman–Crippen LogP) is 1.94. The fraction of sp³-hybridized carbons (Fsp3) is 0.583. The molecule has 0 radical (unpaired) electrons. The number of nitrogens with zero attached hydrogens (tertiary/aromatic N) is 1. The van der Waals surface area contributed by atoms with Crippen molar-refractivity contribution in [2.24, 2.45) is 11.7 Å². The Hall–Kier alpha value is -1.01. The topological polar surface area (TPSA) is 68.0 Å². The second-order valence-electron chi connectivity index (χ2n) is 4.67. The molecule has 1 aliphatic rings. The van der Waals surface area contributed by atoms with Gasteiger partial charge in [-0.3, -0.25) is 4.79 Å². The van der Waals surface area contributed by atoms with E-state index in [0.717, 1.165) is 30.0 Å². The Morgan fingerprint density at radius 3 is 2.78 bits per heavy atom. The molecule has 0 aliphatic heterocycles. The molecule has 0 spiro atoms. The van der Waals surface area contributed by atoms with E-state index < -0.39 is 0 Å². The van der Waals surface area contributed by atoms with Crippen molar-refractivity contribution in [1.29, 1.82) is 0 Å². The maximum Gasteiger partial charge on any atom is 0.263 e. The number of thiazole rings is 1. The molecule has 0 aromatic carbocycles. The zero-order valence-electron chi connectivity index (χ0n) is 10.5. The number of aromatic nitrogens is 1. The van der Waals surface area contributed by atoms with Crippen molar-refractivity contribution in [3.63, 3.8) is 0 Å². The number of nitrogens with one attached hydrogen (secondary N) is 1. The van der Waals surface area contributed by atoms with Gasteiger partial charge in [-0.25, -0.2) is 4.98 Å². The minimum Gasteiger partial charge on any atom is -0.393 e. The number of nitrogens with two attached hydrogens (primary N) is 1. The van der Waals surface area contributed by atoms with Crippen LogP contribution in [0.3, 0.4) is 0 Å². The standard InChI is InChI=1S/C12H17N3OS2/c1-6-10(18-7(2)14-6)12(16)15-9-5-3-4-8(9)11(13)17/h8-9H,3-5H2,1-2H3,(H2,13,17)(H,15,16). The van der Waals surface area contributed by atoms with Gasteiger partial charge in [0.05, 0.1) is 15.7 Å². The van der Waals surface area contributed by atoms with Crippen LogP contribution in [0, 0.1) is 19.8 Å². The Labute approximate surface area is 116 Å². The molecule has 0 bridgehead atoms. The lowest BCUT2D eigenvalue weighted by Crippen LogP contribution is -2.41. The van der Waals surface area contributed by atoms with Crippen LogP contribution in [0.15, 0.2) is 0 Å². The molecule has 1 aliphatic carbocycles. The highest BCUT2D eigenvalue weighted by atomic mass is 32.1. The molecule has 6 heteroatoms. The molecule has 1 heterocycles. The fourth-order valence-corrected chi connectivity index (χ4v) is 3.55. The lowest BCUT2D eigenvalue weighted by Gasteiger charge is -2.19. The first kappa shape index (κ1) is 13.4. The molecule has 2 rings (SSSR count). The van der Waals surface area contributed by atoms with Gasteiger partial charge in [-0.15, -0.1) is 11.3 Å². The number of rotatable bonds is 3. The molecule has 1 saturated carbocycles. The van der Waals surface area contributed by atoms with Crippen molar-refractivity contribution in [2.45, 2.75) is 39.2 Å². The molecule has 1 aromatic rings. The van der Waals surface area contributed by atoms with Gasteiger partial charge >= 0.3 is 0 Å². The molecule has 18 heavy (non-hydrogen) atoms. The summed E-state index contributed by atoms with van der Waals surface area (Å²) in [5.41, 5.74) is 6.50. The lowest BCUT2D eigenvalue weighted by molar-refractivity contribution is 0.0937. The van der Waals surface area contributed by atoms with Gasteiger partial charge in [-0.1, -0.05) is 18.6 Å². The summed E-state index contributed by atoms with van der Waals surface area (Å²) in [7, 11) is 0. The van der Waals surface area contributed by atoms with Crippen molar-refractivity contribution >= 4 is 34.5 Å². The van der Waals surface area contributed by atoms with Gasteiger partial charge in [0, 0.05) is 12.0 Å². The number of thiocarbonyl (C=S) groups is 1. The van der Waals surface area contributed by atoms with Crippen LogP contribution < -0.4 is 11.1 Å². The molecule has 1 amide bonds. The highest BCUT2D eigenvalue weighted by Gasteiger charge is 2.31. The van der Waals surface area contributed by atoms with Gasteiger partial charge in [0.1, 0.15) is 4.88 Å². The Kier molecular flexibility index (Phi) is 3.97. The van der Waals surface area contributed by atoms with Crippen LogP contribution in [0.25, 0.3) is 0 Å². The number of hydrogen-bond donors (Lipinski definition) is 2. The highest BCUT2D eigenvalue weighted by molar-refractivity contribution is 7.80. The van der Waals surface area contributed by atoms with Gasteiger partial charge in [0.2, 0.25) is 0 Å². The summed E-state index contributed by atoms with van der Waals surface area (Å²) >= 11 is 6.48. The van der Waals surface area contributed by atoms with Gasteiger partial charge in [0.15, 0.2) is 0 Å². The Morgan fingerprint density at radius 1 is 1.50 bits per heavy atom. The monoisotopic (exact) mass is 283 g/mol. The SMILES string of the molecule is Cc1nc(C)c(C(=O)NC2CCCC2C(N)=S)s1. The van der Waals surface area contributed by atoms with Crippen molar-refractivity contribution in [1.82, 2.24) is 10.3 Å². The summed E-state index contributed by atoms with van der Waals surface area (Å²) in [6.07, 6.45) is 2.99. The van der Waals surface area contributed by atoms with E-state index in [4.69, 9.17) is 18.0 Å². The average molecular weight is 283 g/mol. The molecule has 3 N–H and O–H groups in total. The molecule has 1 aromatic heterocycles. The number of aryl methyl sites for hydroxylation is 2. The molecule has 4 nitrogen and oxygen atoms in total. The van der Waals surface area contributed by atoms with Crippen LogP contribution >= 0.6 is 23.6 Å². The van der Waals surface area contributed by atoms with Gasteiger partial charge in [-0.05, 0) is 26.7 Å². The summed E-state index contributed by atoms with van der Waals surface area (Å²) in [5.74, 6) is 0.0875. The van der Waals surface area contributed by atoms with Gasteiger partial charge < -0.3 is 11.1 Å². The third kappa shape index (κ3) is 2.70. The summed E-state index contributed by atoms with van der Waals surface area (Å²) in [6.45, 7) is 3.76. The summed E-state index contributed by atoms with van der Waals surface area (Å²) in [6, 6.07) is 0.0804. The smallest absolute Gasteiger partial charge is 0.263 e. The van der Waals surface area contributed by atoms with E-state index in [1.165, 1.54) is 11.3 Å². The maximum atomic E-state index is 12.2. The van der Waals surface area contributed by atoms with Crippen LogP contribution in [0.1, 0.15) is 39.6 Å². The van der Waals surface area contributed by atoms with E-state index in [9.17, 15) is 4.79 Å². The molecule has 0 saturated heterocycles. The molecule has 1 fully saturated rings. The van der Waals surface area contributed by atoms with Crippen molar-refractivity contribution in [3.8, 4) is 0 Å².